The Morgan fingerprint density at radius 2 is 1.77 bits per heavy atom. The van der Waals surface area contributed by atoms with E-state index >= 15 is 0 Å². The lowest BCUT2D eigenvalue weighted by Crippen LogP contribution is -3.15. The van der Waals surface area contributed by atoms with Crippen LogP contribution in [0.15, 0.2) is 48.5 Å². The van der Waals surface area contributed by atoms with Gasteiger partial charge in [-0.25, -0.2) is 0 Å². The summed E-state index contributed by atoms with van der Waals surface area (Å²) in [6, 6.07) is 17.0. The molecule has 3 rings (SSSR count). The van der Waals surface area contributed by atoms with Gasteiger partial charge in [0, 0.05) is 5.69 Å². The molecule has 2 aromatic rings. The molecule has 1 heterocycles. The van der Waals surface area contributed by atoms with Crippen LogP contribution < -0.4 is 15.1 Å². The van der Waals surface area contributed by atoms with Gasteiger partial charge in [0.2, 0.25) is 0 Å². The Bertz CT molecular complexity index is 736. The molecule has 4 heteroatoms. The van der Waals surface area contributed by atoms with E-state index in [1.165, 1.54) is 27.3 Å². The van der Waals surface area contributed by atoms with Crippen molar-refractivity contribution in [1.29, 1.82) is 0 Å². The molecule has 138 valence electrons. The summed E-state index contributed by atoms with van der Waals surface area (Å²) in [7, 11) is 0. The molecule has 2 aromatic carbocycles. The zero-order chi connectivity index (χ0) is 18.5. The molecular formula is C22H30N3O+. The van der Waals surface area contributed by atoms with E-state index in [-0.39, 0.29) is 11.9 Å². The number of hydrogen-bond donors (Lipinski definition) is 2. The number of amides is 1. The molecule has 0 spiro atoms. The van der Waals surface area contributed by atoms with E-state index in [9.17, 15) is 4.79 Å². The SMILES string of the molecule is Cc1ccc([C@H](C)NC(=O)C[NH+]2CCN(c3ccccc3)CC2)cc1C. The summed E-state index contributed by atoms with van der Waals surface area (Å²) in [5.74, 6) is 0.138. The van der Waals surface area contributed by atoms with Gasteiger partial charge in [-0.15, -0.1) is 0 Å². The molecule has 1 aliphatic rings. The summed E-state index contributed by atoms with van der Waals surface area (Å²) in [6.07, 6.45) is 0. The third kappa shape index (κ3) is 4.64. The zero-order valence-corrected chi connectivity index (χ0v) is 16.1. The fourth-order valence-electron chi connectivity index (χ4n) is 3.53. The highest BCUT2D eigenvalue weighted by molar-refractivity contribution is 5.77. The van der Waals surface area contributed by atoms with Gasteiger partial charge in [-0.05, 0) is 49.6 Å². The number of anilines is 1. The largest absolute Gasteiger partial charge is 0.360 e. The fraction of sp³-hybridized carbons (Fsp3) is 0.409. The second-order valence-corrected chi connectivity index (χ2v) is 7.38. The van der Waals surface area contributed by atoms with Crippen molar-refractivity contribution in [3.8, 4) is 0 Å². The molecule has 1 aliphatic heterocycles. The Kier molecular flexibility index (Phi) is 5.94. The van der Waals surface area contributed by atoms with Gasteiger partial charge >= 0.3 is 0 Å². The Morgan fingerprint density at radius 1 is 1.08 bits per heavy atom. The van der Waals surface area contributed by atoms with Crippen LogP contribution in [0.2, 0.25) is 0 Å². The molecule has 1 amide bonds. The van der Waals surface area contributed by atoms with Crippen LogP contribution in [0.5, 0.6) is 0 Å². The Balaban J connectivity index is 1.47. The molecule has 0 unspecified atom stereocenters. The molecule has 1 fully saturated rings. The molecule has 0 radical (unpaired) electrons. The Hall–Kier alpha value is -2.33. The smallest absolute Gasteiger partial charge is 0.275 e. The molecule has 0 aromatic heterocycles. The van der Waals surface area contributed by atoms with Crippen molar-refractivity contribution in [2.75, 3.05) is 37.6 Å². The minimum Gasteiger partial charge on any atom is -0.360 e. The fourth-order valence-corrected chi connectivity index (χ4v) is 3.53. The van der Waals surface area contributed by atoms with Crippen LogP contribution in [0.1, 0.15) is 29.7 Å². The number of quaternary nitrogens is 1. The average Bonchev–Trinajstić information content (AvgIpc) is 2.65. The van der Waals surface area contributed by atoms with Gasteiger partial charge in [-0.2, -0.15) is 0 Å². The number of piperazine rings is 1. The van der Waals surface area contributed by atoms with E-state index in [0.29, 0.717) is 6.54 Å². The van der Waals surface area contributed by atoms with E-state index < -0.39 is 0 Å². The third-order valence-corrected chi connectivity index (χ3v) is 5.41. The summed E-state index contributed by atoms with van der Waals surface area (Å²) in [5, 5.41) is 3.16. The van der Waals surface area contributed by atoms with E-state index in [0.717, 1.165) is 26.2 Å². The number of para-hydroxylation sites is 1. The first-order valence-electron chi connectivity index (χ1n) is 9.53. The first kappa shape index (κ1) is 18.5. The lowest BCUT2D eigenvalue weighted by molar-refractivity contribution is -0.892. The highest BCUT2D eigenvalue weighted by atomic mass is 16.2. The molecule has 0 bridgehead atoms. The second kappa shape index (κ2) is 8.37. The van der Waals surface area contributed by atoms with Crippen molar-refractivity contribution >= 4 is 11.6 Å². The van der Waals surface area contributed by atoms with Crippen molar-refractivity contribution in [1.82, 2.24) is 5.32 Å². The van der Waals surface area contributed by atoms with Crippen molar-refractivity contribution in [2.45, 2.75) is 26.8 Å². The number of aryl methyl sites for hydroxylation is 2. The van der Waals surface area contributed by atoms with Gasteiger partial charge in [-0.1, -0.05) is 36.4 Å². The molecular weight excluding hydrogens is 322 g/mol. The maximum atomic E-state index is 12.5. The molecule has 1 atom stereocenters. The first-order valence-corrected chi connectivity index (χ1v) is 9.53. The van der Waals surface area contributed by atoms with Gasteiger partial charge < -0.3 is 15.1 Å². The monoisotopic (exact) mass is 352 g/mol. The van der Waals surface area contributed by atoms with Crippen LogP contribution >= 0.6 is 0 Å². The number of rotatable bonds is 5. The maximum absolute atomic E-state index is 12.5. The quantitative estimate of drug-likeness (QED) is 0.862. The molecule has 2 N–H and O–H groups in total. The topological polar surface area (TPSA) is 36.8 Å². The van der Waals surface area contributed by atoms with Crippen molar-refractivity contribution in [3.63, 3.8) is 0 Å². The van der Waals surface area contributed by atoms with Crippen molar-refractivity contribution in [2.24, 2.45) is 0 Å². The van der Waals surface area contributed by atoms with Gasteiger partial charge in [0.05, 0.1) is 32.2 Å². The summed E-state index contributed by atoms with van der Waals surface area (Å²) >= 11 is 0. The molecule has 26 heavy (non-hydrogen) atoms. The number of carbonyl (C=O) groups is 1. The summed E-state index contributed by atoms with van der Waals surface area (Å²) < 4.78 is 0. The minimum atomic E-state index is 0.0480. The van der Waals surface area contributed by atoms with Crippen LogP contribution in [0, 0.1) is 13.8 Å². The number of carbonyl (C=O) groups excluding carboxylic acids is 1. The lowest BCUT2D eigenvalue weighted by Gasteiger charge is -2.33. The Labute approximate surface area is 156 Å². The lowest BCUT2D eigenvalue weighted by atomic mass is 10.0. The van der Waals surface area contributed by atoms with Crippen LogP contribution in [-0.4, -0.2) is 38.6 Å². The number of nitrogens with one attached hydrogen (secondary N) is 2. The average molecular weight is 353 g/mol. The zero-order valence-electron chi connectivity index (χ0n) is 16.1. The number of hydrogen-bond acceptors (Lipinski definition) is 2. The van der Waals surface area contributed by atoms with E-state index in [1.54, 1.807) is 0 Å². The number of benzene rings is 2. The summed E-state index contributed by atoms with van der Waals surface area (Å²) in [6.45, 7) is 10.8. The van der Waals surface area contributed by atoms with Crippen LogP contribution in [0.3, 0.4) is 0 Å². The third-order valence-electron chi connectivity index (χ3n) is 5.41. The van der Waals surface area contributed by atoms with E-state index in [4.69, 9.17) is 0 Å². The van der Waals surface area contributed by atoms with Crippen LogP contribution in [0.4, 0.5) is 5.69 Å². The predicted octanol–water partition coefficient (Wildman–Crippen LogP) is 1.89. The van der Waals surface area contributed by atoms with Crippen molar-refractivity contribution in [3.05, 3.63) is 65.2 Å². The van der Waals surface area contributed by atoms with Gasteiger partial charge in [0.15, 0.2) is 6.54 Å². The maximum Gasteiger partial charge on any atom is 0.275 e. The van der Waals surface area contributed by atoms with Crippen molar-refractivity contribution < 1.29 is 9.69 Å². The highest BCUT2D eigenvalue weighted by Gasteiger charge is 2.23. The normalized spacial score (nSPS) is 16.3. The van der Waals surface area contributed by atoms with E-state index in [2.05, 4.69) is 73.5 Å². The van der Waals surface area contributed by atoms with Gasteiger partial charge in [-0.3, -0.25) is 4.79 Å². The van der Waals surface area contributed by atoms with Gasteiger partial charge in [0.1, 0.15) is 0 Å². The van der Waals surface area contributed by atoms with E-state index in [1.807, 2.05) is 6.07 Å². The molecule has 1 saturated heterocycles. The molecule has 0 aliphatic carbocycles. The first-order chi connectivity index (χ1) is 12.5. The standard InChI is InChI=1S/C22H29N3O/c1-17-9-10-20(15-18(17)2)19(3)23-22(26)16-24-11-13-25(14-12-24)21-7-5-4-6-8-21/h4-10,15,19H,11-14,16H2,1-3H3,(H,23,26)/p+1/t19-/m0/s1. The minimum absolute atomic E-state index is 0.0480. The highest BCUT2D eigenvalue weighted by Crippen LogP contribution is 2.16. The predicted molar refractivity (Wildman–Crippen MR) is 107 cm³/mol. The van der Waals surface area contributed by atoms with Crippen LogP contribution in [-0.2, 0) is 4.79 Å². The molecule has 0 saturated carbocycles. The number of nitrogens with zero attached hydrogens (tertiary/aromatic N) is 1. The van der Waals surface area contributed by atoms with Crippen LogP contribution in [0.25, 0.3) is 0 Å². The Morgan fingerprint density at radius 3 is 2.42 bits per heavy atom. The second-order valence-electron chi connectivity index (χ2n) is 7.38. The molecule has 4 nitrogen and oxygen atoms in total. The summed E-state index contributed by atoms with van der Waals surface area (Å²) in [5.41, 5.74) is 5.00. The van der Waals surface area contributed by atoms with Gasteiger partial charge in [0.25, 0.3) is 5.91 Å². The summed E-state index contributed by atoms with van der Waals surface area (Å²) in [4.78, 5) is 16.2.